The van der Waals surface area contributed by atoms with Gasteiger partial charge in [0.05, 0.1) is 36.9 Å². The smallest absolute Gasteiger partial charge is 0.371 e. The molecule has 1 N–H and O–H groups in total. The Morgan fingerprint density at radius 2 is 2.03 bits per heavy atom. The van der Waals surface area contributed by atoms with E-state index >= 15 is 0 Å². The van der Waals surface area contributed by atoms with Crippen LogP contribution in [0.4, 0.5) is 17.6 Å². The molecule has 1 fully saturated rings. The lowest BCUT2D eigenvalue weighted by Crippen LogP contribution is -2.33. The second-order valence-electron chi connectivity index (χ2n) is 6.95. The van der Waals surface area contributed by atoms with Gasteiger partial charge in [-0.25, -0.2) is 19.0 Å². The summed E-state index contributed by atoms with van der Waals surface area (Å²) in [4.78, 5) is 19.5. The Morgan fingerprint density at radius 1 is 1.22 bits per heavy atom. The Hall–Kier alpha value is -2.89. The summed E-state index contributed by atoms with van der Waals surface area (Å²) in [6.45, 7) is 1.73. The molecule has 3 aromatic rings. The average molecular weight is 472 g/mol. The summed E-state index contributed by atoms with van der Waals surface area (Å²) in [5.74, 6) is -0.743. The number of ketones is 1. The van der Waals surface area contributed by atoms with E-state index < -0.39 is 17.7 Å². The molecule has 0 bridgehead atoms. The van der Waals surface area contributed by atoms with Crippen molar-refractivity contribution in [3.63, 3.8) is 0 Å². The van der Waals surface area contributed by atoms with E-state index in [0.29, 0.717) is 30.5 Å². The molecule has 2 aromatic heterocycles. The highest BCUT2D eigenvalue weighted by Gasteiger charge is 2.32. The Labute approximate surface area is 186 Å². The quantitative estimate of drug-likeness (QED) is 0.454. The van der Waals surface area contributed by atoms with Gasteiger partial charge in [-0.2, -0.15) is 18.3 Å². The molecular weight excluding hydrogens is 454 g/mol. The summed E-state index contributed by atoms with van der Waals surface area (Å²) in [5, 5.41) is 7.08. The number of alkyl halides is 3. The molecule has 1 saturated heterocycles. The number of morpholine rings is 1. The zero-order valence-electron chi connectivity index (χ0n) is 16.5. The van der Waals surface area contributed by atoms with Gasteiger partial charge in [-0.15, -0.1) is 12.4 Å². The summed E-state index contributed by atoms with van der Waals surface area (Å²) in [6, 6.07) is 4.58. The lowest BCUT2D eigenvalue weighted by molar-refractivity contribution is -0.141. The molecule has 0 unspecified atom stereocenters. The largest absolute Gasteiger partial charge is 0.434 e. The fourth-order valence-corrected chi connectivity index (χ4v) is 3.17. The van der Waals surface area contributed by atoms with Crippen LogP contribution in [0.1, 0.15) is 33.3 Å². The van der Waals surface area contributed by atoms with Gasteiger partial charge in [-0.1, -0.05) is 12.1 Å². The van der Waals surface area contributed by atoms with E-state index in [1.807, 2.05) is 0 Å². The second kappa shape index (κ2) is 9.72. The van der Waals surface area contributed by atoms with Crippen LogP contribution in [-0.4, -0.2) is 45.2 Å². The van der Waals surface area contributed by atoms with E-state index in [1.54, 1.807) is 12.1 Å². The normalized spacial score (nSPS) is 16.4. The molecule has 0 saturated carbocycles. The van der Waals surface area contributed by atoms with E-state index in [2.05, 4.69) is 20.4 Å². The van der Waals surface area contributed by atoms with Crippen LogP contribution < -0.4 is 5.32 Å². The predicted octanol–water partition coefficient (Wildman–Crippen LogP) is 3.33. The summed E-state index contributed by atoms with van der Waals surface area (Å²) < 4.78 is 59.0. The monoisotopic (exact) mass is 471 g/mol. The molecule has 0 radical (unpaired) electrons. The first kappa shape index (κ1) is 23.8. The second-order valence-corrected chi connectivity index (χ2v) is 6.95. The number of rotatable bonds is 5. The summed E-state index contributed by atoms with van der Waals surface area (Å²) >= 11 is 0. The minimum atomic E-state index is -4.60. The molecule has 7 nitrogen and oxygen atoms in total. The number of carbonyl (C=O) groups excluding carboxylic acids is 1. The molecule has 1 aliphatic rings. The van der Waals surface area contributed by atoms with Crippen LogP contribution in [0.3, 0.4) is 0 Å². The number of Topliss-reactive ketones (excluding diaryl/α,β-unsaturated/α-hetero) is 1. The van der Waals surface area contributed by atoms with Crippen LogP contribution in [0.2, 0.25) is 0 Å². The number of nitrogens with zero attached hydrogens (tertiary/aromatic N) is 4. The zero-order valence-corrected chi connectivity index (χ0v) is 17.3. The van der Waals surface area contributed by atoms with Crippen LogP contribution >= 0.6 is 12.4 Å². The summed E-state index contributed by atoms with van der Waals surface area (Å²) in [7, 11) is 0. The number of aromatic nitrogens is 4. The molecule has 170 valence electrons. The molecule has 1 aliphatic heterocycles. The van der Waals surface area contributed by atoms with Crippen LogP contribution in [0.15, 0.2) is 43.0 Å². The molecule has 12 heteroatoms. The first-order chi connectivity index (χ1) is 14.8. The highest BCUT2D eigenvalue weighted by molar-refractivity contribution is 5.97. The number of ether oxygens (including phenoxy) is 1. The first-order valence-corrected chi connectivity index (χ1v) is 9.39. The molecule has 0 aliphatic carbocycles. The van der Waals surface area contributed by atoms with E-state index in [-0.39, 0.29) is 42.1 Å². The Morgan fingerprint density at radius 3 is 2.66 bits per heavy atom. The number of hydrogen-bond acceptors (Lipinski definition) is 6. The fourth-order valence-electron chi connectivity index (χ4n) is 3.17. The van der Waals surface area contributed by atoms with Gasteiger partial charge >= 0.3 is 6.18 Å². The summed E-state index contributed by atoms with van der Waals surface area (Å²) in [5.41, 5.74) is -0.000212. The van der Waals surface area contributed by atoms with Crippen LogP contribution in [0.5, 0.6) is 0 Å². The summed E-state index contributed by atoms with van der Waals surface area (Å²) in [6.07, 6.45) is -0.914. The lowest BCUT2D eigenvalue weighted by atomic mass is 10.0. The van der Waals surface area contributed by atoms with Gasteiger partial charge in [0.2, 0.25) is 0 Å². The average Bonchev–Trinajstić information content (AvgIpc) is 3.24. The van der Waals surface area contributed by atoms with Gasteiger partial charge < -0.3 is 10.1 Å². The van der Waals surface area contributed by atoms with E-state index in [0.717, 1.165) is 17.4 Å². The number of halogens is 5. The van der Waals surface area contributed by atoms with Crippen molar-refractivity contribution in [3.05, 3.63) is 71.2 Å². The molecule has 32 heavy (non-hydrogen) atoms. The van der Waals surface area contributed by atoms with E-state index in [1.165, 1.54) is 18.5 Å². The number of hydrogen-bond donors (Lipinski definition) is 1. The molecule has 0 amide bonds. The number of nitrogens with one attached hydrogen (secondary N) is 1. The Bertz CT molecular complexity index is 1080. The van der Waals surface area contributed by atoms with Gasteiger partial charge in [-0.05, 0) is 11.6 Å². The van der Waals surface area contributed by atoms with Crippen molar-refractivity contribution in [2.24, 2.45) is 0 Å². The van der Waals surface area contributed by atoms with Gasteiger partial charge in [0.15, 0.2) is 17.3 Å². The van der Waals surface area contributed by atoms with Gasteiger partial charge in [0.25, 0.3) is 0 Å². The first-order valence-electron chi connectivity index (χ1n) is 9.39. The highest BCUT2D eigenvalue weighted by atomic mass is 35.5. The maximum atomic E-state index is 14.5. The number of benzene rings is 1. The van der Waals surface area contributed by atoms with Crippen molar-refractivity contribution in [1.29, 1.82) is 0 Å². The van der Waals surface area contributed by atoms with Crippen molar-refractivity contribution in [2.75, 3.05) is 19.7 Å². The Kier molecular flexibility index (Phi) is 7.22. The molecule has 1 aromatic carbocycles. The molecule has 1 atom stereocenters. The topological polar surface area (TPSA) is 81.9 Å². The lowest BCUT2D eigenvalue weighted by Gasteiger charge is -2.24. The van der Waals surface area contributed by atoms with Crippen molar-refractivity contribution in [3.8, 4) is 5.82 Å². The minimum absolute atomic E-state index is 0. The number of carbonyl (C=O) groups is 1. The van der Waals surface area contributed by atoms with Crippen molar-refractivity contribution in [1.82, 2.24) is 25.1 Å². The molecular formula is C20H18ClF4N5O2. The fraction of sp³-hybridized carbons (Fsp3) is 0.300. The van der Waals surface area contributed by atoms with Crippen molar-refractivity contribution < 1.29 is 27.1 Å². The van der Waals surface area contributed by atoms with Gasteiger partial charge in [-0.3, -0.25) is 4.79 Å². The molecule has 3 heterocycles. The highest BCUT2D eigenvalue weighted by Crippen LogP contribution is 2.27. The van der Waals surface area contributed by atoms with Crippen LogP contribution in [0.25, 0.3) is 5.82 Å². The third-order valence-corrected chi connectivity index (χ3v) is 4.77. The third-order valence-electron chi connectivity index (χ3n) is 4.77. The van der Waals surface area contributed by atoms with Crippen LogP contribution in [0, 0.1) is 5.82 Å². The van der Waals surface area contributed by atoms with Gasteiger partial charge in [0, 0.05) is 31.3 Å². The Balaban J connectivity index is 0.00000289. The molecule has 0 spiro atoms. The van der Waals surface area contributed by atoms with Crippen LogP contribution in [-0.2, 0) is 17.3 Å². The third kappa shape index (κ3) is 5.29. The predicted molar refractivity (Wildman–Crippen MR) is 107 cm³/mol. The SMILES string of the molecule is Cl.O=C(Cc1ccc([C@H]2CNCCO2)c(F)c1)c1cnn(-c2cnc(C(F)(F)F)cn2)c1. The zero-order chi connectivity index (χ0) is 22.0. The van der Waals surface area contributed by atoms with E-state index in [4.69, 9.17) is 4.74 Å². The maximum absolute atomic E-state index is 14.5. The molecule has 4 rings (SSSR count). The minimum Gasteiger partial charge on any atom is -0.371 e. The van der Waals surface area contributed by atoms with E-state index in [9.17, 15) is 22.4 Å². The standard InChI is InChI=1S/C20H17F4N5O2.ClH/c21-15-5-12(1-2-14(15)17-8-25-3-4-31-17)6-16(30)13-7-28-29(11-13)19-10-26-18(9-27-19)20(22,23)24;/h1-2,5,7,9-11,17,25H,3-4,6,8H2;1H/t17-;/m1./s1. The van der Waals surface area contributed by atoms with Crippen molar-refractivity contribution in [2.45, 2.75) is 18.7 Å². The van der Waals surface area contributed by atoms with Gasteiger partial charge in [0.1, 0.15) is 5.82 Å². The van der Waals surface area contributed by atoms with Crippen molar-refractivity contribution >= 4 is 18.2 Å². The maximum Gasteiger partial charge on any atom is 0.434 e.